The maximum absolute atomic E-state index is 11.2. The van der Waals surface area contributed by atoms with Gasteiger partial charge in [-0.15, -0.1) is 0 Å². The van der Waals surface area contributed by atoms with Gasteiger partial charge in [-0.2, -0.15) is 0 Å². The molecule has 5 N–H and O–H groups in total. The smallest absolute Gasteiger partial charge is 0.239 e. The fourth-order valence-electron chi connectivity index (χ4n) is 2.14. The van der Waals surface area contributed by atoms with Crippen LogP contribution in [0.25, 0.3) is 0 Å². The van der Waals surface area contributed by atoms with Gasteiger partial charge in [0.25, 0.3) is 0 Å². The van der Waals surface area contributed by atoms with E-state index in [-0.39, 0.29) is 11.9 Å². The molecule has 0 aromatic heterocycles. The highest BCUT2D eigenvalue weighted by Crippen LogP contribution is 2.08. The normalized spacial score (nSPS) is 26.9. The molecule has 0 saturated carbocycles. The van der Waals surface area contributed by atoms with E-state index in [4.69, 9.17) is 5.73 Å². The molecule has 18 heavy (non-hydrogen) atoms. The van der Waals surface area contributed by atoms with Gasteiger partial charge in [-0.25, -0.2) is 0 Å². The molecule has 0 aliphatic carbocycles. The summed E-state index contributed by atoms with van der Waals surface area (Å²) in [5, 5.41) is 3.32. The van der Waals surface area contributed by atoms with Crippen LogP contribution in [0.3, 0.4) is 0 Å². The first-order valence-corrected chi connectivity index (χ1v) is 7.00. The average molecular weight is 258 g/mol. The molecule has 108 valence electrons. The number of hydrogen-bond donors (Lipinski definition) is 3. The molecule has 2 atom stereocenters. The first-order chi connectivity index (χ1) is 8.65. The van der Waals surface area contributed by atoms with Gasteiger partial charge in [-0.3, -0.25) is 4.79 Å². The Hall–Kier alpha value is -0.650. The predicted molar refractivity (Wildman–Crippen MR) is 76.3 cm³/mol. The van der Waals surface area contributed by atoms with Crippen LogP contribution in [0.5, 0.6) is 0 Å². The largest absolute Gasteiger partial charge is 0.342 e. The quantitative estimate of drug-likeness (QED) is 0.631. The molecule has 5 nitrogen and oxygen atoms in total. The van der Waals surface area contributed by atoms with Crippen LogP contribution in [0.15, 0.2) is 0 Å². The maximum atomic E-state index is 11.2. The summed E-state index contributed by atoms with van der Waals surface area (Å²) in [6, 6.07) is 0.568. The molecule has 0 radical (unpaired) electrons. The topological polar surface area (TPSA) is 84.4 Å². The molecule has 0 bridgehead atoms. The molecule has 2 heterocycles. The highest BCUT2D eigenvalue weighted by atomic mass is 16.2. The monoisotopic (exact) mass is 258 g/mol. The van der Waals surface area contributed by atoms with Crippen LogP contribution in [0.1, 0.15) is 39.5 Å². The third kappa shape index (κ3) is 6.33. The van der Waals surface area contributed by atoms with Crippen molar-refractivity contribution in [1.29, 1.82) is 0 Å². The number of likely N-dealkylation sites (N-methyl/N-ethyl adjacent to an activating group) is 1. The molecular weight excluding hydrogens is 228 g/mol. The molecule has 2 fully saturated rings. The third-order valence-corrected chi connectivity index (χ3v) is 3.26. The molecular formula is C13H30N4O. The summed E-state index contributed by atoms with van der Waals surface area (Å²) in [4.78, 5) is 13.0. The van der Waals surface area contributed by atoms with E-state index in [1.807, 2.05) is 11.8 Å². The predicted octanol–water partition coefficient (Wildman–Crippen LogP) is 0.289. The zero-order chi connectivity index (χ0) is 14.0. The Kier molecular flexibility index (Phi) is 9.92. The second-order valence-corrected chi connectivity index (χ2v) is 4.66. The van der Waals surface area contributed by atoms with E-state index < -0.39 is 0 Å². The number of carbonyl (C=O) groups excluding carboxylic acids is 1. The Labute approximate surface area is 111 Å². The van der Waals surface area contributed by atoms with Crippen LogP contribution in [-0.2, 0) is 4.79 Å². The Morgan fingerprint density at radius 2 is 2.00 bits per heavy atom. The second-order valence-electron chi connectivity index (χ2n) is 4.66. The number of nitrogens with one attached hydrogen (secondary N) is 1. The number of carbonyl (C=O) groups is 1. The summed E-state index contributed by atoms with van der Waals surface area (Å²) in [7, 11) is 1.50. The Bertz CT molecular complexity index is 217. The van der Waals surface area contributed by atoms with Gasteiger partial charge in [0.15, 0.2) is 0 Å². The number of amides is 1. The van der Waals surface area contributed by atoms with Gasteiger partial charge >= 0.3 is 0 Å². The number of rotatable bonds is 1. The van der Waals surface area contributed by atoms with Crippen molar-refractivity contribution in [1.82, 2.24) is 10.2 Å². The summed E-state index contributed by atoms with van der Waals surface area (Å²) in [5.41, 5.74) is 10.1. The number of hydrogen-bond acceptors (Lipinski definition) is 4. The molecule has 2 aliphatic rings. The number of nitrogens with two attached hydrogens (primary N) is 2. The third-order valence-electron chi connectivity index (χ3n) is 3.26. The van der Waals surface area contributed by atoms with E-state index >= 15 is 0 Å². The summed E-state index contributed by atoms with van der Waals surface area (Å²) in [5.74, 6) is 0.119. The van der Waals surface area contributed by atoms with Crippen LogP contribution >= 0.6 is 0 Å². The molecule has 0 spiro atoms. The SMILES string of the molecule is CC1CCCN1.CCN1CCCC(N)C1=O.CN. The van der Waals surface area contributed by atoms with E-state index in [1.165, 1.54) is 26.4 Å². The fraction of sp³-hybridized carbons (Fsp3) is 0.923. The highest BCUT2D eigenvalue weighted by Gasteiger charge is 2.23. The molecule has 2 rings (SSSR count). The highest BCUT2D eigenvalue weighted by molar-refractivity contribution is 5.82. The average Bonchev–Trinajstić information content (AvgIpc) is 2.87. The molecule has 0 aromatic carbocycles. The van der Waals surface area contributed by atoms with Crippen molar-refractivity contribution in [3.63, 3.8) is 0 Å². The van der Waals surface area contributed by atoms with Crippen molar-refractivity contribution in [3.8, 4) is 0 Å². The summed E-state index contributed by atoms with van der Waals surface area (Å²) >= 11 is 0. The van der Waals surface area contributed by atoms with Crippen molar-refractivity contribution in [3.05, 3.63) is 0 Å². The minimum atomic E-state index is -0.228. The van der Waals surface area contributed by atoms with E-state index in [0.29, 0.717) is 0 Å². The van der Waals surface area contributed by atoms with Crippen molar-refractivity contribution in [2.45, 2.75) is 51.6 Å². The molecule has 2 aliphatic heterocycles. The van der Waals surface area contributed by atoms with Gasteiger partial charge in [0.2, 0.25) is 5.91 Å². The van der Waals surface area contributed by atoms with Gasteiger partial charge in [0.05, 0.1) is 6.04 Å². The minimum Gasteiger partial charge on any atom is -0.342 e. The van der Waals surface area contributed by atoms with Crippen molar-refractivity contribution >= 4 is 5.91 Å². The van der Waals surface area contributed by atoms with Crippen LogP contribution in [0.4, 0.5) is 0 Å². The molecule has 2 saturated heterocycles. The first kappa shape index (κ1) is 17.4. The van der Waals surface area contributed by atoms with Crippen LogP contribution < -0.4 is 16.8 Å². The standard InChI is InChI=1S/C7H14N2O.C5H11N.CH5N/c1-2-9-5-3-4-6(8)7(9)10;1-5-3-2-4-6-5;1-2/h6H,2-5,8H2,1H3;5-6H,2-4H2,1H3;2H2,1H3. The summed E-state index contributed by atoms with van der Waals surface area (Å²) < 4.78 is 0. The van der Waals surface area contributed by atoms with Crippen molar-refractivity contribution in [2.24, 2.45) is 11.5 Å². The number of piperidine rings is 1. The van der Waals surface area contributed by atoms with Crippen molar-refractivity contribution < 1.29 is 4.79 Å². The summed E-state index contributed by atoms with van der Waals surface area (Å²) in [6.45, 7) is 7.14. The number of likely N-dealkylation sites (tertiary alicyclic amines) is 1. The second kappa shape index (κ2) is 10.3. The lowest BCUT2D eigenvalue weighted by molar-refractivity contribution is -0.134. The van der Waals surface area contributed by atoms with E-state index in [2.05, 4.69) is 18.0 Å². The molecule has 1 amide bonds. The zero-order valence-corrected chi connectivity index (χ0v) is 12.1. The van der Waals surface area contributed by atoms with E-state index in [0.717, 1.165) is 32.0 Å². The summed E-state index contributed by atoms with van der Waals surface area (Å²) in [6.07, 6.45) is 4.66. The molecule has 5 heteroatoms. The van der Waals surface area contributed by atoms with E-state index in [1.54, 1.807) is 0 Å². The Morgan fingerprint density at radius 1 is 1.33 bits per heavy atom. The molecule has 2 unspecified atom stereocenters. The van der Waals surface area contributed by atoms with Gasteiger partial charge in [0, 0.05) is 19.1 Å². The lowest BCUT2D eigenvalue weighted by atomic mass is 10.1. The number of nitrogens with zero attached hydrogens (tertiary/aromatic N) is 1. The van der Waals surface area contributed by atoms with Crippen LogP contribution in [0.2, 0.25) is 0 Å². The fourth-order valence-corrected chi connectivity index (χ4v) is 2.14. The molecule has 0 aromatic rings. The Balaban J connectivity index is 0.000000308. The van der Waals surface area contributed by atoms with Crippen LogP contribution in [-0.4, -0.2) is 49.6 Å². The van der Waals surface area contributed by atoms with Gasteiger partial charge in [-0.1, -0.05) is 0 Å². The zero-order valence-electron chi connectivity index (χ0n) is 12.1. The van der Waals surface area contributed by atoms with Gasteiger partial charge in [0.1, 0.15) is 0 Å². The maximum Gasteiger partial charge on any atom is 0.239 e. The Morgan fingerprint density at radius 3 is 2.33 bits per heavy atom. The van der Waals surface area contributed by atoms with E-state index in [9.17, 15) is 4.79 Å². The van der Waals surface area contributed by atoms with Crippen LogP contribution in [0, 0.1) is 0 Å². The van der Waals surface area contributed by atoms with Gasteiger partial charge < -0.3 is 21.7 Å². The minimum absolute atomic E-state index is 0.119. The lowest BCUT2D eigenvalue weighted by Gasteiger charge is -2.29. The van der Waals surface area contributed by atoms with Crippen molar-refractivity contribution in [2.75, 3.05) is 26.7 Å². The first-order valence-electron chi connectivity index (χ1n) is 7.00. The van der Waals surface area contributed by atoms with Gasteiger partial charge in [-0.05, 0) is 53.1 Å². The lowest BCUT2D eigenvalue weighted by Crippen LogP contribution is -2.48.